The summed E-state index contributed by atoms with van der Waals surface area (Å²) in [5, 5.41) is 3.44. The molecule has 7 nitrogen and oxygen atoms in total. The molecule has 8 heteroatoms. The molecule has 2 N–H and O–H groups in total. The van der Waals surface area contributed by atoms with Gasteiger partial charge in [-0.1, -0.05) is 24.3 Å². The topological polar surface area (TPSA) is 96.9 Å². The SMILES string of the molecule is Cc1nc(/C=C/C(=O)NNC(=O)c2cc(-c3ccccn3)nc3ccccc23)cs1. The van der Waals surface area contributed by atoms with E-state index in [4.69, 9.17) is 0 Å². The van der Waals surface area contributed by atoms with Gasteiger partial charge >= 0.3 is 0 Å². The lowest BCUT2D eigenvalue weighted by Crippen LogP contribution is -2.40. The van der Waals surface area contributed by atoms with Crippen molar-refractivity contribution < 1.29 is 9.59 Å². The number of nitrogens with zero attached hydrogens (tertiary/aromatic N) is 3. The van der Waals surface area contributed by atoms with Crippen molar-refractivity contribution >= 4 is 40.1 Å². The Morgan fingerprint density at radius 3 is 2.60 bits per heavy atom. The number of aryl methyl sites for hydroxylation is 1. The number of hydrogen-bond donors (Lipinski definition) is 2. The molecule has 0 aliphatic heterocycles. The van der Waals surface area contributed by atoms with Crippen molar-refractivity contribution in [3.8, 4) is 11.4 Å². The molecule has 0 unspecified atom stereocenters. The maximum absolute atomic E-state index is 12.8. The average Bonchev–Trinajstić information content (AvgIpc) is 3.21. The number of hydrogen-bond acceptors (Lipinski definition) is 6. The van der Waals surface area contributed by atoms with Gasteiger partial charge in [0.05, 0.1) is 33.2 Å². The first-order valence-corrected chi connectivity index (χ1v) is 10.00. The Kier molecular flexibility index (Phi) is 5.58. The van der Waals surface area contributed by atoms with E-state index in [2.05, 4.69) is 25.8 Å². The summed E-state index contributed by atoms with van der Waals surface area (Å²) in [4.78, 5) is 38.0. The largest absolute Gasteiger partial charge is 0.270 e. The number of amides is 2. The fourth-order valence-electron chi connectivity index (χ4n) is 2.85. The Balaban J connectivity index is 1.55. The zero-order chi connectivity index (χ0) is 20.9. The molecule has 4 aromatic rings. The summed E-state index contributed by atoms with van der Waals surface area (Å²) in [7, 11) is 0. The van der Waals surface area contributed by atoms with Crippen LogP contribution in [-0.2, 0) is 4.79 Å². The Hall–Kier alpha value is -3.91. The standard InChI is InChI=1S/C22H17N5O2S/c1-14-24-15(13-30-14)9-10-21(28)26-27-22(29)17-12-20(19-8-4-5-11-23-19)25-18-7-3-2-6-16(17)18/h2-13H,1H3,(H,26,28)(H,27,29)/b10-9+. The maximum atomic E-state index is 12.8. The van der Waals surface area contributed by atoms with Gasteiger partial charge < -0.3 is 0 Å². The van der Waals surface area contributed by atoms with Crippen LogP contribution in [0.15, 0.2) is 66.2 Å². The third kappa shape index (κ3) is 4.39. The lowest BCUT2D eigenvalue weighted by Gasteiger charge is -2.10. The number of pyridine rings is 2. The minimum absolute atomic E-state index is 0.389. The van der Waals surface area contributed by atoms with Gasteiger partial charge in [0.1, 0.15) is 0 Å². The van der Waals surface area contributed by atoms with Gasteiger partial charge in [0, 0.05) is 23.0 Å². The fourth-order valence-corrected chi connectivity index (χ4v) is 3.43. The second-order valence-corrected chi connectivity index (χ2v) is 7.42. The number of fused-ring (bicyclic) bond motifs is 1. The van der Waals surface area contributed by atoms with Crippen LogP contribution in [0.25, 0.3) is 28.4 Å². The van der Waals surface area contributed by atoms with Crippen molar-refractivity contribution in [3.05, 3.63) is 82.4 Å². The minimum Gasteiger partial charge on any atom is -0.268 e. The molecule has 4 rings (SSSR count). The summed E-state index contributed by atoms with van der Waals surface area (Å²) in [6.07, 6.45) is 4.58. The molecule has 30 heavy (non-hydrogen) atoms. The first-order valence-electron chi connectivity index (χ1n) is 9.12. The molecular formula is C22H17N5O2S. The van der Waals surface area contributed by atoms with Crippen molar-refractivity contribution in [3.63, 3.8) is 0 Å². The van der Waals surface area contributed by atoms with Crippen molar-refractivity contribution in [2.75, 3.05) is 0 Å². The van der Waals surface area contributed by atoms with Gasteiger partial charge in [0.15, 0.2) is 0 Å². The van der Waals surface area contributed by atoms with Gasteiger partial charge in [-0.2, -0.15) is 0 Å². The van der Waals surface area contributed by atoms with E-state index in [0.29, 0.717) is 33.5 Å². The summed E-state index contributed by atoms with van der Waals surface area (Å²) in [5.74, 6) is -0.908. The number of thiazole rings is 1. The molecule has 0 aliphatic rings. The van der Waals surface area contributed by atoms with Crippen molar-refractivity contribution in [2.24, 2.45) is 0 Å². The molecule has 2 amide bonds. The van der Waals surface area contributed by atoms with Crippen LogP contribution in [0.4, 0.5) is 0 Å². The van der Waals surface area contributed by atoms with Crippen molar-refractivity contribution in [1.29, 1.82) is 0 Å². The van der Waals surface area contributed by atoms with Crippen LogP contribution < -0.4 is 10.9 Å². The lowest BCUT2D eigenvalue weighted by molar-refractivity contribution is -0.117. The number of hydrazine groups is 1. The van der Waals surface area contributed by atoms with E-state index >= 15 is 0 Å². The van der Waals surface area contributed by atoms with Gasteiger partial charge in [-0.15, -0.1) is 11.3 Å². The smallest absolute Gasteiger partial charge is 0.268 e. The van der Waals surface area contributed by atoms with E-state index in [9.17, 15) is 9.59 Å². The van der Waals surface area contributed by atoms with Gasteiger partial charge in [-0.05, 0) is 37.3 Å². The van der Waals surface area contributed by atoms with Crippen molar-refractivity contribution in [1.82, 2.24) is 25.8 Å². The number of aromatic nitrogens is 3. The highest BCUT2D eigenvalue weighted by molar-refractivity contribution is 7.09. The van der Waals surface area contributed by atoms with Gasteiger partial charge in [0.2, 0.25) is 0 Å². The molecule has 0 aliphatic carbocycles. The van der Waals surface area contributed by atoms with Gasteiger partial charge in [-0.3, -0.25) is 25.4 Å². The first-order chi connectivity index (χ1) is 14.6. The van der Waals surface area contributed by atoms with E-state index in [-0.39, 0.29) is 0 Å². The third-order valence-corrected chi connectivity index (χ3v) is 5.02. The zero-order valence-corrected chi connectivity index (χ0v) is 16.8. The lowest BCUT2D eigenvalue weighted by atomic mass is 10.1. The Morgan fingerprint density at radius 1 is 1.00 bits per heavy atom. The first kappa shape index (κ1) is 19.4. The monoisotopic (exact) mass is 415 g/mol. The number of carbonyl (C=O) groups excluding carboxylic acids is 2. The predicted molar refractivity (Wildman–Crippen MR) is 116 cm³/mol. The molecule has 0 saturated heterocycles. The highest BCUT2D eigenvalue weighted by atomic mass is 32.1. The molecule has 3 aromatic heterocycles. The molecule has 3 heterocycles. The molecule has 0 atom stereocenters. The fraction of sp³-hybridized carbons (Fsp3) is 0.0455. The Bertz CT molecular complexity index is 1250. The summed E-state index contributed by atoms with van der Waals surface area (Å²) in [6, 6.07) is 14.5. The number of nitrogens with one attached hydrogen (secondary N) is 2. The number of para-hydroxylation sites is 1. The minimum atomic E-state index is -0.461. The van der Waals surface area contributed by atoms with Crippen molar-refractivity contribution in [2.45, 2.75) is 6.92 Å². The van der Waals surface area contributed by atoms with Gasteiger partial charge in [-0.25, -0.2) is 9.97 Å². The van der Waals surface area contributed by atoms with Crippen LogP contribution in [0, 0.1) is 6.92 Å². The molecule has 0 radical (unpaired) electrons. The molecule has 0 saturated carbocycles. The molecule has 0 bridgehead atoms. The number of carbonyl (C=O) groups is 2. The molecule has 1 aromatic carbocycles. The van der Waals surface area contributed by atoms with Crippen LogP contribution >= 0.6 is 11.3 Å². The van der Waals surface area contributed by atoms with Gasteiger partial charge in [0.25, 0.3) is 11.8 Å². The second-order valence-electron chi connectivity index (χ2n) is 6.36. The Labute approximate surface area is 176 Å². The highest BCUT2D eigenvalue weighted by Crippen LogP contribution is 2.23. The predicted octanol–water partition coefficient (Wildman–Crippen LogP) is 3.54. The normalized spacial score (nSPS) is 11.0. The zero-order valence-electron chi connectivity index (χ0n) is 16.0. The molecular weight excluding hydrogens is 398 g/mol. The maximum Gasteiger partial charge on any atom is 0.270 e. The highest BCUT2D eigenvalue weighted by Gasteiger charge is 2.14. The van der Waals surface area contributed by atoms with E-state index in [0.717, 1.165) is 5.01 Å². The summed E-state index contributed by atoms with van der Waals surface area (Å²) in [6.45, 7) is 1.89. The second kappa shape index (κ2) is 8.62. The van der Waals surface area contributed by atoms with E-state index in [1.54, 1.807) is 18.3 Å². The molecule has 0 spiro atoms. The number of benzene rings is 1. The molecule has 148 valence electrons. The van der Waals surface area contributed by atoms with E-state index < -0.39 is 11.8 Å². The van der Waals surface area contributed by atoms with E-state index in [1.807, 2.05) is 54.8 Å². The number of rotatable bonds is 4. The van der Waals surface area contributed by atoms with Crippen LogP contribution in [0.5, 0.6) is 0 Å². The third-order valence-electron chi connectivity index (χ3n) is 4.23. The summed E-state index contributed by atoms with van der Waals surface area (Å²) in [5.41, 5.74) is 7.83. The van der Waals surface area contributed by atoms with Crippen LogP contribution in [0.1, 0.15) is 21.1 Å². The molecule has 0 fully saturated rings. The van der Waals surface area contributed by atoms with E-state index in [1.165, 1.54) is 17.4 Å². The van der Waals surface area contributed by atoms with Crippen LogP contribution in [0.2, 0.25) is 0 Å². The summed E-state index contributed by atoms with van der Waals surface area (Å²) >= 11 is 1.50. The summed E-state index contributed by atoms with van der Waals surface area (Å²) < 4.78 is 0. The average molecular weight is 415 g/mol. The quantitative estimate of drug-likeness (QED) is 0.393. The Morgan fingerprint density at radius 2 is 1.83 bits per heavy atom. The van der Waals surface area contributed by atoms with Crippen LogP contribution in [-0.4, -0.2) is 26.8 Å². The van der Waals surface area contributed by atoms with Crippen LogP contribution in [0.3, 0.4) is 0 Å².